The van der Waals surface area contributed by atoms with Gasteiger partial charge in [0.15, 0.2) is 5.78 Å². The molecule has 2 nitrogen and oxygen atoms in total. The summed E-state index contributed by atoms with van der Waals surface area (Å²) in [6, 6.07) is 9.32. The standard InChI is InChI=1S/C12H13NO/c13-11-8-4-7-10(11)12(14)9-5-2-1-3-6-9/h1-3,5-6H,4,7-8,13H2. The second-order valence-electron chi connectivity index (χ2n) is 3.55. The summed E-state index contributed by atoms with van der Waals surface area (Å²) in [6.07, 6.45) is 2.72. The Morgan fingerprint density at radius 1 is 1.14 bits per heavy atom. The molecule has 2 rings (SSSR count). The average molecular weight is 187 g/mol. The van der Waals surface area contributed by atoms with Gasteiger partial charge < -0.3 is 5.73 Å². The Hall–Kier alpha value is -1.57. The Kier molecular flexibility index (Phi) is 2.35. The minimum Gasteiger partial charge on any atom is -0.402 e. The van der Waals surface area contributed by atoms with E-state index in [2.05, 4.69) is 0 Å². The molecule has 0 heterocycles. The fraction of sp³-hybridized carbons (Fsp3) is 0.250. The van der Waals surface area contributed by atoms with Crippen LogP contribution in [0.15, 0.2) is 41.6 Å². The molecule has 0 saturated heterocycles. The van der Waals surface area contributed by atoms with E-state index >= 15 is 0 Å². The quantitative estimate of drug-likeness (QED) is 0.722. The summed E-state index contributed by atoms with van der Waals surface area (Å²) in [6.45, 7) is 0. The second kappa shape index (κ2) is 3.66. The summed E-state index contributed by atoms with van der Waals surface area (Å²) in [7, 11) is 0. The van der Waals surface area contributed by atoms with Gasteiger partial charge in [-0.1, -0.05) is 30.3 Å². The Bertz CT molecular complexity index is 379. The molecular weight excluding hydrogens is 174 g/mol. The van der Waals surface area contributed by atoms with Crippen molar-refractivity contribution in [2.45, 2.75) is 19.3 Å². The molecule has 0 aromatic heterocycles. The maximum absolute atomic E-state index is 11.9. The van der Waals surface area contributed by atoms with Crippen LogP contribution in [0, 0.1) is 0 Å². The van der Waals surface area contributed by atoms with E-state index < -0.39 is 0 Å². The van der Waals surface area contributed by atoms with Crippen LogP contribution in [0.5, 0.6) is 0 Å². The van der Waals surface area contributed by atoms with Gasteiger partial charge in [0, 0.05) is 16.8 Å². The van der Waals surface area contributed by atoms with Crippen molar-refractivity contribution in [3.8, 4) is 0 Å². The summed E-state index contributed by atoms with van der Waals surface area (Å²) in [5, 5.41) is 0. The van der Waals surface area contributed by atoms with Crippen LogP contribution in [0.25, 0.3) is 0 Å². The Morgan fingerprint density at radius 3 is 2.43 bits per heavy atom. The van der Waals surface area contributed by atoms with E-state index in [0.717, 1.165) is 36.1 Å². The van der Waals surface area contributed by atoms with E-state index in [9.17, 15) is 4.79 Å². The fourth-order valence-electron chi connectivity index (χ4n) is 1.79. The molecule has 0 bridgehead atoms. The van der Waals surface area contributed by atoms with Crippen molar-refractivity contribution in [1.82, 2.24) is 0 Å². The third kappa shape index (κ3) is 1.55. The zero-order chi connectivity index (χ0) is 9.97. The minimum atomic E-state index is 0.0978. The van der Waals surface area contributed by atoms with Crippen molar-refractivity contribution < 1.29 is 4.79 Å². The largest absolute Gasteiger partial charge is 0.402 e. The van der Waals surface area contributed by atoms with Crippen molar-refractivity contribution >= 4 is 5.78 Å². The summed E-state index contributed by atoms with van der Waals surface area (Å²) in [4.78, 5) is 11.9. The van der Waals surface area contributed by atoms with E-state index in [0.29, 0.717) is 0 Å². The van der Waals surface area contributed by atoms with E-state index in [4.69, 9.17) is 5.73 Å². The highest BCUT2D eigenvalue weighted by Crippen LogP contribution is 2.25. The first-order valence-electron chi connectivity index (χ1n) is 4.86. The van der Waals surface area contributed by atoms with Gasteiger partial charge in [0.2, 0.25) is 0 Å². The van der Waals surface area contributed by atoms with E-state index in [1.165, 1.54) is 0 Å². The molecule has 1 aliphatic carbocycles. The first kappa shape index (κ1) is 9.00. The van der Waals surface area contributed by atoms with Gasteiger partial charge in [-0.2, -0.15) is 0 Å². The number of benzene rings is 1. The van der Waals surface area contributed by atoms with E-state index in [-0.39, 0.29) is 5.78 Å². The van der Waals surface area contributed by atoms with Gasteiger partial charge in [0.1, 0.15) is 0 Å². The number of carbonyl (C=O) groups excluding carboxylic acids is 1. The summed E-state index contributed by atoms with van der Waals surface area (Å²) >= 11 is 0. The number of allylic oxidation sites excluding steroid dienone is 2. The number of hydrogen-bond acceptors (Lipinski definition) is 2. The van der Waals surface area contributed by atoms with Crippen molar-refractivity contribution in [1.29, 1.82) is 0 Å². The monoisotopic (exact) mass is 187 g/mol. The Balaban J connectivity index is 2.29. The lowest BCUT2D eigenvalue weighted by atomic mass is 10.0. The molecule has 72 valence electrons. The number of Topliss-reactive ketones (excluding diaryl/α,β-unsaturated/α-hetero) is 1. The number of rotatable bonds is 2. The van der Waals surface area contributed by atoms with Crippen LogP contribution in [-0.4, -0.2) is 5.78 Å². The molecule has 1 aromatic rings. The molecule has 0 saturated carbocycles. The first-order valence-corrected chi connectivity index (χ1v) is 4.86. The number of nitrogens with two attached hydrogens (primary N) is 1. The maximum Gasteiger partial charge on any atom is 0.190 e. The molecule has 0 unspecified atom stereocenters. The van der Waals surface area contributed by atoms with Crippen molar-refractivity contribution in [3.63, 3.8) is 0 Å². The van der Waals surface area contributed by atoms with Gasteiger partial charge in [-0.15, -0.1) is 0 Å². The highest BCUT2D eigenvalue weighted by atomic mass is 16.1. The van der Waals surface area contributed by atoms with E-state index in [1.54, 1.807) is 0 Å². The number of ketones is 1. The predicted octanol–water partition coefficient (Wildman–Crippen LogP) is 2.27. The molecule has 0 spiro atoms. The summed E-state index contributed by atoms with van der Waals surface area (Å²) in [5.41, 5.74) is 8.11. The van der Waals surface area contributed by atoms with Gasteiger partial charge >= 0.3 is 0 Å². The molecule has 2 heteroatoms. The molecule has 0 fully saturated rings. The Labute approximate surface area is 83.4 Å². The summed E-state index contributed by atoms with van der Waals surface area (Å²) in [5.74, 6) is 0.0978. The lowest BCUT2D eigenvalue weighted by Gasteiger charge is -2.02. The molecule has 14 heavy (non-hydrogen) atoms. The molecule has 1 aliphatic rings. The summed E-state index contributed by atoms with van der Waals surface area (Å²) < 4.78 is 0. The minimum absolute atomic E-state index is 0.0978. The van der Waals surface area contributed by atoms with Crippen LogP contribution in [-0.2, 0) is 0 Å². The van der Waals surface area contributed by atoms with Crippen molar-refractivity contribution in [3.05, 3.63) is 47.2 Å². The zero-order valence-corrected chi connectivity index (χ0v) is 7.99. The highest BCUT2D eigenvalue weighted by molar-refractivity contribution is 6.09. The topological polar surface area (TPSA) is 43.1 Å². The lowest BCUT2D eigenvalue weighted by Crippen LogP contribution is -2.06. The Morgan fingerprint density at radius 2 is 1.86 bits per heavy atom. The van der Waals surface area contributed by atoms with Crippen LogP contribution >= 0.6 is 0 Å². The van der Waals surface area contributed by atoms with Crippen molar-refractivity contribution in [2.75, 3.05) is 0 Å². The zero-order valence-electron chi connectivity index (χ0n) is 7.99. The normalized spacial score (nSPS) is 16.0. The van der Waals surface area contributed by atoms with Gasteiger partial charge in [-0.25, -0.2) is 0 Å². The number of hydrogen-bond donors (Lipinski definition) is 1. The van der Waals surface area contributed by atoms with Crippen LogP contribution in [0.4, 0.5) is 0 Å². The third-order valence-electron chi connectivity index (χ3n) is 2.57. The molecular formula is C12H13NO. The van der Waals surface area contributed by atoms with E-state index in [1.807, 2.05) is 30.3 Å². The van der Waals surface area contributed by atoms with Crippen LogP contribution < -0.4 is 5.73 Å². The highest BCUT2D eigenvalue weighted by Gasteiger charge is 2.19. The van der Waals surface area contributed by atoms with Crippen molar-refractivity contribution in [2.24, 2.45) is 5.73 Å². The smallest absolute Gasteiger partial charge is 0.190 e. The molecule has 1 aromatic carbocycles. The fourth-order valence-corrected chi connectivity index (χ4v) is 1.79. The van der Waals surface area contributed by atoms with Gasteiger partial charge in [0.05, 0.1) is 0 Å². The van der Waals surface area contributed by atoms with Crippen LogP contribution in [0.2, 0.25) is 0 Å². The third-order valence-corrected chi connectivity index (χ3v) is 2.57. The molecule has 0 amide bonds. The van der Waals surface area contributed by atoms with Gasteiger partial charge in [-0.3, -0.25) is 4.79 Å². The van der Waals surface area contributed by atoms with Gasteiger partial charge in [0.25, 0.3) is 0 Å². The maximum atomic E-state index is 11.9. The number of carbonyl (C=O) groups is 1. The molecule has 0 radical (unpaired) electrons. The molecule has 0 atom stereocenters. The molecule has 2 N–H and O–H groups in total. The average Bonchev–Trinajstić information content (AvgIpc) is 2.65. The van der Waals surface area contributed by atoms with Gasteiger partial charge in [-0.05, 0) is 19.3 Å². The van der Waals surface area contributed by atoms with Crippen LogP contribution in [0.1, 0.15) is 29.6 Å². The second-order valence-corrected chi connectivity index (χ2v) is 3.55. The predicted molar refractivity (Wildman–Crippen MR) is 55.8 cm³/mol. The molecule has 0 aliphatic heterocycles. The first-order chi connectivity index (χ1) is 6.79. The SMILES string of the molecule is NC1=C(C(=O)c2ccccc2)CCC1. The lowest BCUT2D eigenvalue weighted by molar-refractivity contribution is 0.103. The van der Waals surface area contributed by atoms with Crippen LogP contribution in [0.3, 0.4) is 0 Å².